The second-order valence-electron chi connectivity index (χ2n) is 1.96. The van der Waals surface area contributed by atoms with Gasteiger partial charge in [0.05, 0.1) is 0 Å². The Morgan fingerprint density at radius 1 is 1.67 bits per heavy atom. The van der Waals surface area contributed by atoms with E-state index in [1.807, 2.05) is 12.3 Å². The molecule has 0 spiro atoms. The molecule has 1 heterocycles. The van der Waals surface area contributed by atoms with E-state index in [4.69, 9.17) is 0 Å². The lowest BCUT2D eigenvalue weighted by Gasteiger charge is -1.97. The van der Waals surface area contributed by atoms with Crippen LogP contribution >= 0.6 is 12.6 Å². The van der Waals surface area contributed by atoms with Gasteiger partial charge in [0.15, 0.2) is 0 Å². The Hall–Kier alpha value is -0.500. The van der Waals surface area contributed by atoms with Gasteiger partial charge in [-0.25, -0.2) is 0 Å². The molecule has 1 rings (SSSR count). The Morgan fingerprint density at radius 3 is 2.89 bits per heavy atom. The van der Waals surface area contributed by atoms with E-state index >= 15 is 0 Å². The van der Waals surface area contributed by atoms with Gasteiger partial charge >= 0.3 is 0 Å². The van der Waals surface area contributed by atoms with E-state index in [2.05, 4.69) is 24.5 Å². The molecule has 9 heavy (non-hydrogen) atoms. The van der Waals surface area contributed by atoms with Gasteiger partial charge in [0.2, 0.25) is 0 Å². The van der Waals surface area contributed by atoms with Crippen LogP contribution in [0.2, 0.25) is 0 Å². The number of pyridine rings is 1. The Morgan fingerprint density at radius 2 is 2.44 bits per heavy atom. The van der Waals surface area contributed by atoms with Crippen LogP contribution < -0.4 is 0 Å². The fourth-order valence-electron chi connectivity index (χ4n) is 0.662. The summed E-state index contributed by atoms with van der Waals surface area (Å²) >= 11 is 4.14. The average Bonchev–Trinajstić information content (AvgIpc) is 1.89. The summed E-state index contributed by atoms with van der Waals surface area (Å²) in [7, 11) is 0. The molecular weight excluding hydrogens is 130 g/mol. The summed E-state index contributed by atoms with van der Waals surface area (Å²) in [6, 6.07) is 1.99. The van der Waals surface area contributed by atoms with E-state index < -0.39 is 0 Å². The van der Waals surface area contributed by atoms with Gasteiger partial charge in [0.1, 0.15) is 0 Å². The van der Waals surface area contributed by atoms with Crippen molar-refractivity contribution in [3.8, 4) is 0 Å². The van der Waals surface area contributed by atoms with Gasteiger partial charge in [-0.3, -0.25) is 4.98 Å². The normalized spacial score (nSPS) is 9.56. The number of nitrogens with zero attached hydrogens (tertiary/aromatic N) is 1. The minimum atomic E-state index is 0.777. The van der Waals surface area contributed by atoms with Crippen molar-refractivity contribution in [1.82, 2.24) is 4.98 Å². The second kappa shape index (κ2) is 2.87. The van der Waals surface area contributed by atoms with Crippen LogP contribution in [0.5, 0.6) is 0 Å². The molecule has 1 nitrogen and oxygen atoms in total. The standard InChI is InChI=1S/C7H9NS/c1-6-2-3-8-4-7(6)5-9/h2-4,9H,5H2,1H3. The molecule has 1 aromatic rings. The second-order valence-corrected chi connectivity index (χ2v) is 2.28. The average molecular weight is 139 g/mol. The highest BCUT2D eigenvalue weighted by atomic mass is 32.1. The molecule has 0 aliphatic carbocycles. The highest BCUT2D eigenvalue weighted by Gasteiger charge is 1.91. The molecular formula is C7H9NS. The predicted molar refractivity (Wildman–Crippen MR) is 41.7 cm³/mol. The number of aryl methyl sites for hydroxylation is 1. The molecule has 0 atom stereocenters. The lowest BCUT2D eigenvalue weighted by Crippen LogP contribution is -1.84. The fraction of sp³-hybridized carbons (Fsp3) is 0.286. The summed E-state index contributed by atoms with van der Waals surface area (Å²) in [6.45, 7) is 2.06. The highest BCUT2D eigenvalue weighted by Crippen LogP contribution is 2.06. The molecule has 2 heteroatoms. The van der Waals surface area contributed by atoms with Crippen LogP contribution in [0.4, 0.5) is 0 Å². The predicted octanol–water partition coefficient (Wildman–Crippen LogP) is 1.82. The summed E-state index contributed by atoms with van der Waals surface area (Å²) < 4.78 is 0. The first-order valence-electron chi connectivity index (χ1n) is 2.85. The zero-order valence-electron chi connectivity index (χ0n) is 5.33. The summed E-state index contributed by atoms with van der Waals surface area (Å²) in [5.74, 6) is 0.777. The zero-order valence-corrected chi connectivity index (χ0v) is 6.23. The SMILES string of the molecule is Cc1ccncc1CS. The summed E-state index contributed by atoms with van der Waals surface area (Å²) in [4.78, 5) is 3.97. The van der Waals surface area contributed by atoms with Crippen molar-refractivity contribution in [2.24, 2.45) is 0 Å². The molecule has 0 N–H and O–H groups in total. The van der Waals surface area contributed by atoms with Crippen LogP contribution in [0, 0.1) is 6.92 Å². The van der Waals surface area contributed by atoms with Crippen molar-refractivity contribution in [3.05, 3.63) is 29.6 Å². The van der Waals surface area contributed by atoms with E-state index in [0.29, 0.717) is 0 Å². The monoisotopic (exact) mass is 139 g/mol. The van der Waals surface area contributed by atoms with Crippen LogP contribution in [0.3, 0.4) is 0 Å². The van der Waals surface area contributed by atoms with Crippen molar-refractivity contribution in [1.29, 1.82) is 0 Å². The third-order valence-corrected chi connectivity index (χ3v) is 1.66. The van der Waals surface area contributed by atoms with Crippen molar-refractivity contribution in [2.45, 2.75) is 12.7 Å². The Balaban J connectivity index is 3.01. The smallest absolute Gasteiger partial charge is 0.0310 e. The summed E-state index contributed by atoms with van der Waals surface area (Å²) in [6.07, 6.45) is 3.64. The summed E-state index contributed by atoms with van der Waals surface area (Å²) in [5, 5.41) is 0. The number of rotatable bonds is 1. The van der Waals surface area contributed by atoms with E-state index in [0.717, 1.165) is 5.75 Å². The van der Waals surface area contributed by atoms with Crippen molar-refractivity contribution < 1.29 is 0 Å². The third-order valence-electron chi connectivity index (χ3n) is 1.32. The van der Waals surface area contributed by atoms with Crippen LogP contribution in [0.1, 0.15) is 11.1 Å². The quantitative estimate of drug-likeness (QED) is 0.585. The van der Waals surface area contributed by atoms with Crippen molar-refractivity contribution in [3.63, 3.8) is 0 Å². The molecule has 0 radical (unpaired) electrons. The van der Waals surface area contributed by atoms with E-state index in [-0.39, 0.29) is 0 Å². The van der Waals surface area contributed by atoms with Gasteiger partial charge in [0, 0.05) is 18.1 Å². The van der Waals surface area contributed by atoms with Crippen molar-refractivity contribution >= 4 is 12.6 Å². The molecule has 0 saturated carbocycles. The number of thiol groups is 1. The van der Waals surface area contributed by atoms with E-state index in [9.17, 15) is 0 Å². The van der Waals surface area contributed by atoms with Gasteiger partial charge in [-0.2, -0.15) is 12.6 Å². The molecule has 0 aromatic carbocycles. The molecule has 0 bridgehead atoms. The van der Waals surface area contributed by atoms with Crippen LogP contribution in [-0.4, -0.2) is 4.98 Å². The van der Waals surface area contributed by atoms with Gasteiger partial charge in [-0.15, -0.1) is 0 Å². The molecule has 0 aliphatic rings. The molecule has 48 valence electrons. The first-order valence-corrected chi connectivity index (χ1v) is 3.48. The van der Waals surface area contributed by atoms with E-state index in [1.54, 1.807) is 6.20 Å². The maximum atomic E-state index is 4.14. The summed E-state index contributed by atoms with van der Waals surface area (Å²) in [5.41, 5.74) is 2.47. The zero-order chi connectivity index (χ0) is 6.69. The van der Waals surface area contributed by atoms with E-state index in [1.165, 1.54) is 11.1 Å². The van der Waals surface area contributed by atoms with Crippen molar-refractivity contribution in [2.75, 3.05) is 0 Å². The molecule has 0 fully saturated rings. The van der Waals surface area contributed by atoms with Gasteiger partial charge < -0.3 is 0 Å². The lowest BCUT2D eigenvalue weighted by atomic mass is 10.2. The molecule has 0 amide bonds. The number of hydrogen-bond acceptors (Lipinski definition) is 2. The van der Waals surface area contributed by atoms with Gasteiger partial charge in [-0.1, -0.05) is 0 Å². The molecule has 0 unspecified atom stereocenters. The molecule has 1 aromatic heterocycles. The van der Waals surface area contributed by atoms with Crippen LogP contribution in [-0.2, 0) is 5.75 Å². The van der Waals surface area contributed by atoms with Crippen LogP contribution in [0.25, 0.3) is 0 Å². The highest BCUT2D eigenvalue weighted by molar-refractivity contribution is 7.79. The Bertz CT molecular complexity index is 198. The first kappa shape index (κ1) is 6.62. The molecule has 0 aliphatic heterocycles. The maximum Gasteiger partial charge on any atom is 0.0310 e. The topological polar surface area (TPSA) is 12.9 Å². The first-order chi connectivity index (χ1) is 4.34. The van der Waals surface area contributed by atoms with Gasteiger partial charge in [-0.05, 0) is 24.1 Å². The third kappa shape index (κ3) is 1.45. The number of hydrogen-bond donors (Lipinski definition) is 1. The molecule has 0 saturated heterocycles. The maximum absolute atomic E-state index is 4.14. The minimum Gasteiger partial charge on any atom is -0.264 e. The lowest BCUT2D eigenvalue weighted by molar-refractivity contribution is 1.20. The Labute approximate surface area is 60.5 Å². The number of aromatic nitrogens is 1. The van der Waals surface area contributed by atoms with Crippen LogP contribution in [0.15, 0.2) is 18.5 Å². The minimum absolute atomic E-state index is 0.777. The van der Waals surface area contributed by atoms with Gasteiger partial charge in [0.25, 0.3) is 0 Å². The largest absolute Gasteiger partial charge is 0.264 e. The Kier molecular flexibility index (Phi) is 2.11. The fourth-order valence-corrected chi connectivity index (χ4v) is 0.993.